The SMILES string of the molecule is O=COC(=O)C1CC(C(=O)OC=O)C1. The molecule has 1 aliphatic rings. The van der Waals surface area contributed by atoms with Crippen LogP contribution in [0.25, 0.3) is 0 Å². The van der Waals surface area contributed by atoms with E-state index in [1.807, 2.05) is 0 Å². The lowest BCUT2D eigenvalue weighted by atomic mass is 9.75. The van der Waals surface area contributed by atoms with Crippen molar-refractivity contribution in [3.05, 3.63) is 0 Å². The minimum Gasteiger partial charge on any atom is -0.395 e. The van der Waals surface area contributed by atoms with E-state index in [9.17, 15) is 19.2 Å². The molecule has 76 valence electrons. The second-order valence-corrected chi connectivity index (χ2v) is 2.93. The Morgan fingerprint density at radius 2 is 1.29 bits per heavy atom. The number of rotatable bonds is 4. The molecule has 0 N–H and O–H groups in total. The molecule has 0 bridgehead atoms. The number of carbonyl (C=O) groups excluding carboxylic acids is 4. The molecule has 0 aromatic rings. The van der Waals surface area contributed by atoms with Crippen LogP contribution in [0.1, 0.15) is 12.8 Å². The summed E-state index contributed by atoms with van der Waals surface area (Å²) in [5, 5.41) is 0. The summed E-state index contributed by atoms with van der Waals surface area (Å²) in [5.41, 5.74) is 0. The maximum Gasteiger partial charge on any atom is 0.316 e. The minimum atomic E-state index is -0.643. The molecule has 0 amide bonds. The first kappa shape index (κ1) is 10.4. The maximum absolute atomic E-state index is 10.9. The van der Waals surface area contributed by atoms with E-state index in [1.165, 1.54) is 0 Å². The zero-order chi connectivity index (χ0) is 10.6. The topological polar surface area (TPSA) is 86.7 Å². The Balaban J connectivity index is 2.29. The lowest BCUT2D eigenvalue weighted by molar-refractivity contribution is -0.164. The second kappa shape index (κ2) is 4.50. The third-order valence-corrected chi connectivity index (χ3v) is 2.13. The van der Waals surface area contributed by atoms with Crippen LogP contribution in [0, 0.1) is 11.8 Å². The number of hydrogen-bond acceptors (Lipinski definition) is 6. The molecule has 0 unspecified atom stereocenters. The van der Waals surface area contributed by atoms with Crippen molar-refractivity contribution >= 4 is 24.9 Å². The first-order valence-electron chi connectivity index (χ1n) is 3.97. The molecule has 0 aromatic carbocycles. The van der Waals surface area contributed by atoms with E-state index in [0.29, 0.717) is 0 Å². The van der Waals surface area contributed by atoms with Gasteiger partial charge in [0.25, 0.3) is 0 Å². The lowest BCUT2D eigenvalue weighted by Crippen LogP contribution is -2.36. The summed E-state index contributed by atoms with van der Waals surface area (Å²) in [4.78, 5) is 41.3. The molecule has 0 aliphatic heterocycles. The molecule has 1 aliphatic carbocycles. The molecule has 1 saturated carbocycles. The van der Waals surface area contributed by atoms with Crippen LogP contribution in [0.15, 0.2) is 0 Å². The Kier molecular flexibility index (Phi) is 3.33. The molecule has 1 fully saturated rings. The molecule has 0 aromatic heterocycles. The predicted octanol–water partition coefficient (Wildman–Crippen LogP) is -0.588. The van der Waals surface area contributed by atoms with Crippen LogP contribution >= 0.6 is 0 Å². The minimum absolute atomic E-state index is 0.0550. The van der Waals surface area contributed by atoms with Gasteiger partial charge in [0.1, 0.15) is 0 Å². The van der Waals surface area contributed by atoms with Crippen LogP contribution in [0.4, 0.5) is 0 Å². The van der Waals surface area contributed by atoms with Gasteiger partial charge in [0.05, 0.1) is 11.8 Å². The van der Waals surface area contributed by atoms with E-state index >= 15 is 0 Å². The summed E-state index contributed by atoms with van der Waals surface area (Å²) >= 11 is 0. The van der Waals surface area contributed by atoms with Crippen LogP contribution in [0.5, 0.6) is 0 Å². The van der Waals surface area contributed by atoms with Crippen LogP contribution in [0.3, 0.4) is 0 Å². The first-order chi connectivity index (χ1) is 6.69. The molecule has 6 nitrogen and oxygen atoms in total. The van der Waals surface area contributed by atoms with Gasteiger partial charge < -0.3 is 9.47 Å². The van der Waals surface area contributed by atoms with Crippen molar-refractivity contribution in [1.29, 1.82) is 0 Å². The zero-order valence-corrected chi connectivity index (χ0v) is 7.17. The van der Waals surface area contributed by atoms with Gasteiger partial charge in [-0.1, -0.05) is 0 Å². The van der Waals surface area contributed by atoms with Crippen LogP contribution in [-0.4, -0.2) is 24.9 Å². The highest BCUT2D eigenvalue weighted by Crippen LogP contribution is 2.35. The highest BCUT2D eigenvalue weighted by molar-refractivity contribution is 5.84. The quantitative estimate of drug-likeness (QED) is 0.342. The lowest BCUT2D eigenvalue weighted by Gasteiger charge is -2.29. The Morgan fingerprint density at radius 3 is 1.57 bits per heavy atom. The fourth-order valence-electron chi connectivity index (χ4n) is 1.29. The van der Waals surface area contributed by atoms with Crippen LogP contribution in [-0.2, 0) is 28.7 Å². The highest BCUT2D eigenvalue weighted by Gasteiger charge is 2.40. The van der Waals surface area contributed by atoms with E-state index in [1.54, 1.807) is 0 Å². The summed E-state index contributed by atoms with van der Waals surface area (Å²) in [6, 6.07) is 0. The maximum atomic E-state index is 10.9. The summed E-state index contributed by atoms with van der Waals surface area (Å²) in [6.45, 7) is 0.110. The van der Waals surface area contributed by atoms with Gasteiger partial charge in [0.15, 0.2) is 0 Å². The molecule has 0 saturated heterocycles. The Hall–Kier alpha value is -1.72. The molecule has 1 rings (SSSR count). The van der Waals surface area contributed by atoms with Gasteiger partial charge in [-0.05, 0) is 12.8 Å². The van der Waals surface area contributed by atoms with Crippen molar-refractivity contribution < 1.29 is 28.7 Å². The number of hydrogen-bond donors (Lipinski definition) is 0. The smallest absolute Gasteiger partial charge is 0.316 e. The Labute approximate surface area is 79.2 Å². The molecule has 14 heavy (non-hydrogen) atoms. The monoisotopic (exact) mass is 200 g/mol. The molecular weight excluding hydrogens is 192 g/mol. The van der Waals surface area contributed by atoms with Crippen molar-refractivity contribution in [1.82, 2.24) is 0 Å². The van der Waals surface area contributed by atoms with Gasteiger partial charge in [-0.25, -0.2) is 0 Å². The number of ether oxygens (including phenoxy) is 2. The fraction of sp³-hybridized carbons (Fsp3) is 0.500. The number of esters is 2. The summed E-state index contributed by atoms with van der Waals surface area (Å²) in [5.74, 6) is -2.17. The zero-order valence-electron chi connectivity index (χ0n) is 7.17. The third kappa shape index (κ3) is 2.15. The van der Waals surface area contributed by atoms with Gasteiger partial charge in [0.2, 0.25) is 0 Å². The molecular formula is C8H8O6. The molecule has 0 heterocycles. The predicted molar refractivity (Wildman–Crippen MR) is 40.5 cm³/mol. The van der Waals surface area contributed by atoms with Gasteiger partial charge >= 0.3 is 24.9 Å². The Bertz CT molecular complexity index is 239. The summed E-state index contributed by atoms with van der Waals surface area (Å²) in [6.07, 6.45) is 0.526. The van der Waals surface area contributed by atoms with Crippen molar-refractivity contribution in [2.24, 2.45) is 11.8 Å². The fourth-order valence-corrected chi connectivity index (χ4v) is 1.29. The van der Waals surface area contributed by atoms with E-state index in [2.05, 4.69) is 9.47 Å². The average Bonchev–Trinajstić information content (AvgIpc) is 2.02. The number of carbonyl (C=O) groups is 4. The van der Waals surface area contributed by atoms with Crippen molar-refractivity contribution in [2.75, 3.05) is 0 Å². The molecule has 0 radical (unpaired) electrons. The first-order valence-corrected chi connectivity index (χ1v) is 3.97. The van der Waals surface area contributed by atoms with Crippen molar-refractivity contribution in [3.63, 3.8) is 0 Å². The largest absolute Gasteiger partial charge is 0.395 e. The van der Waals surface area contributed by atoms with Crippen molar-refractivity contribution in [3.8, 4) is 0 Å². The Morgan fingerprint density at radius 1 is 0.929 bits per heavy atom. The second-order valence-electron chi connectivity index (χ2n) is 2.93. The average molecular weight is 200 g/mol. The van der Waals surface area contributed by atoms with E-state index < -0.39 is 23.8 Å². The van der Waals surface area contributed by atoms with E-state index in [4.69, 9.17) is 0 Å². The molecule has 0 spiro atoms. The van der Waals surface area contributed by atoms with Crippen LogP contribution < -0.4 is 0 Å². The normalized spacial score (nSPS) is 24.3. The van der Waals surface area contributed by atoms with Gasteiger partial charge in [-0.2, -0.15) is 0 Å². The molecule has 6 heteroatoms. The van der Waals surface area contributed by atoms with Crippen LogP contribution in [0.2, 0.25) is 0 Å². The van der Waals surface area contributed by atoms with Crippen molar-refractivity contribution in [2.45, 2.75) is 12.8 Å². The van der Waals surface area contributed by atoms with Gasteiger partial charge in [-0.3, -0.25) is 19.2 Å². The summed E-state index contributed by atoms with van der Waals surface area (Å²) in [7, 11) is 0. The van der Waals surface area contributed by atoms with Gasteiger partial charge in [-0.15, -0.1) is 0 Å². The van der Waals surface area contributed by atoms with E-state index in [-0.39, 0.29) is 25.8 Å². The third-order valence-electron chi connectivity index (χ3n) is 2.13. The molecule has 0 atom stereocenters. The van der Waals surface area contributed by atoms with Gasteiger partial charge in [0, 0.05) is 0 Å². The highest BCUT2D eigenvalue weighted by atomic mass is 16.6. The summed E-state index contributed by atoms with van der Waals surface area (Å²) < 4.78 is 8.19. The standard InChI is InChI=1S/C8H8O6/c9-3-13-7(11)5-1-6(2-5)8(12)14-4-10/h3-6H,1-2H2. The van der Waals surface area contributed by atoms with E-state index in [0.717, 1.165) is 0 Å².